The van der Waals surface area contributed by atoms with Crippen LogP contribution in [0.4, 0.5) is 0 Å². The third kappa shape index (κ3) is 6.25. The highest BCUT2D eigenvalue weighted by Gasteiger charge is 2.33. The number of nitrogens with one attached hydrogen (secondary N) is 1. The van der Waals surface area contributed by atoms with Gasteiger partial charge in [0.05, 0.1) is 24.7 Å². The first-order valence-electron chi connectivity index (χ1n) is 10.6. The molecule has 0 bridgehead atoms. The van der Waals surface area contributed by atoms with Gasteiger partial charge in [-0.2, -0.15) is 4.31 Å². The highest BCUT2D eigenvalue weighted by molar-refractivity contribution is 7.89. The number of hydrogen-bond donors (Lipinski definition) is 1. The standard InChI is InChI=1S/C21H33N3O4S/c1-18-7-9-20(10-8-18)29(26,27)24(19-5-3-2-4-6-19)17-21(25)22-11-12-23-13-15-28-16-14-23/h7-10,19H,2-6,11-17H2,1H3,(H,22,25). The van der Waals surface area contributed by atoms with Gasteiger partial charge in [-0.1, -0.05) is 37.0 Å². The molecule has 1 N–H and O–H groups in total. The molecule has 1 aliphatic heterocycles. The molecule has 29 heavy (non-hydrogen) atoms. The maximum atomic E-state index is 13.3. The van der Waals surface area contributed by atoms with Crippen molar-refractivity contribution in [3.63, 3.8) is 0 Å². The largest absolute Gasteiger partial charge is 0.379 e. The van der Waals surface area contributed by atoms with Gasteiger partial charge >= 0.3 is 0 Å². The number of hydrogen-bond acceptors (Lipinski definition) is 5. The topological polar surface area (TPSA) is 79.0 Å². The number of aryl methyl sites for hydroxylation is 1. The van der Waals surface area contributed by atoms with Crippen LogP contribution in [-0.2, 0) is 19.6 Å². The normalized spacial score (nSPS) is 19.4. The minimum atomic E-state index is -3.71. The van der Waals surface area contributed by atoms with Gasteiger partial charge in [-0.25, -0.2) is 8.42 Å². The first kappa shape index (κ1) is 22.2. The summed E-state index contributed by atoms with van der Waals surface area (Å²) < 4.78 is 33.4. The molecule has 1 saturated carbocycles. The molecular weight excluding hydrogens is 390 g/mol. The van der Waals surface area contributed by atoms with Gasteiger partial charge in [0.15, 0.2) is 0 Å². The Bertz CT molecular complexity index is 755. The van der Waals surface area contributed by atoms with Crippen LogP contribution in [0.25, 0.3) is 0 Å². The number of nitrogens with zero attached hydrogens (tertiary/aromatic N) is 2. The summed E-state index contributed by atoms with van der Waals surface area (Å²) in [7, 11) is -3.71. The zero-order valence-electron chi connectivity index (χ0n) is 17.3. The summed E-state index contributed by atoms with van der Waals surface area (Å²) >= 11 is 0. The predicted molar refractivity (Wildman–Crippen MR) is 112 cm³/mol. The second kappa shape index (κ2) is 10.5. The second-order valence-corrected chi connectivity index (χ2v) is 9.85. The molecule has 1 aromatic carbocycles. The lowest BCUT2D eigenvalue weighted by molar-refractivity contribution is -0.121. The highest BCUT2D eigenvalue weighted by Crippen LogP contribution is 2.27. The van der Waals surface area contributed by atoms with Crippen molar-refractivity contribution in [1.29, 1.82) is 0 Å². The van der Waals surface area contributed by atoms with E-state index in [-0.39, 0.29) is 23.4 Å². The van der Waals surface area contributed by atoms with Crippen LogP contribution in [0.1, 0.15) is 37.7 Å². The number of ether oxygens (including phenoxy) is 1. The monoisotopic (exact) mass is 423 g/mol. The van der Waals surface area contributed by atoms with E-state index in [0.717, 1.165) is 70.5 Å². The molecule has 2 fully saturated rings. The van der Waals surface area contributed by atoms with E-state index in [1.165, 1.54) is 4.31 Å². The molecule has 7 nitrogen and oxygen atoms in total. The Balaban J connectivity index is 1.64. The van der Waals surface area contributed by atoms with E-state index in [1.54, 1.807) is 24.3 Å². The maximum Gasteiger partial charge on any atom is 0.243 e. The van der Waals surface area contributed by atoms with E-state index in [1.807, 2.05) is 6.92 Å². The van der Waals surface area contributed by atoms with Gasteiger partial charge in [0.2, 0.25) is 15.9 Å². The smallest absolute Gasteiger partial charge is 0.243 e. The molecule has 1 aliphatic carbocycles. The average molecular weight is 424 g/mol. The van der Waals surface area contributed by atoms with Crippen LogP contribution in [0.15, 0.2) is 29.2 Å². The number of carbonyl (C=O) groups excluding carboxylic acids is 1. The van der Waals surface area contributed by atoms with Crippen molar-refractivity contribution in [3.05, 3.63) is 29.8 Å². The summed E-state index contributed by atoms with van der Waals surface area (Å²) in [5, 5.41) is 2.90. The predicted octanol–water partition coefficient (Wildman–Crippen LogP) is 1.77. The molecule has 1 heterocycles. The fraction of sp³-hybridized carbons (Fsp3) is 0.667. The quantitative estimate of drug-likeness (QED) is 0.689. The highest BCUT2D eigenvalue weighted by atomic mass is 32.2. The van der Waals surface area contributed by atoms with Crippen molar-refractivity contribution in [1.82, 2.24) is 14.5 Å². The number of morpholine rings is 1. The molecular formula is C21H33N3O4S. The first-order chi connectivity index (χ1) is 14.0. The van der Waals surface area contributed by atoms with Crippen LogP contribution in [0, 0.1) is 6.92 Å². The van der Waals surface area contributed by atoms with Gasteiger partial charge in [-0.3, -0.25) is 9.69 Å². The third-order valence-corrected chi connectivity index (χ3v) is 7.68. The Kier molecular flexibility index (Phi) is 8.06. The van der Waals surface area contributed by atoms with E-state index in [4.69, 9.17) is 4.74 Å². The second-order valence-electron chi connectivity index (χ2n) is 7.96. The number of carbonyl (C=O) groups is 1. The molecule has 0 unspecified atom stereocenters. The molecule has 0 atom stereocenters. The van der Waals surface area contributed by atoms with E-state index in [2.05, 4.69) is 10.2 Å². The van der Waals surface area contributed by atoms with Gasteiger partial charge < -0.3 is 10.1 Å². The van der Waals surface area contributed by atoms with Crippen molar-refractivity contribution in [2.24, 2.45) is 0 Å². The fourth-order valence-electron chi connectivity index (χ4n) is 4.00. The minimum absolute atomic E-state index is 0.111. The number of rotatable bonds is 8. The number of amides is 1. The number of benzene rings is 1. The van der Waals surface area contributed by atoms with Gasteiger partial charge in [-0.05, 0) is 31.9 Å². The lowest BCUT2D eigenvalue weighted by Gasteiger charge is -2.33. The van der Waals surface area contributed by atoms with Crippen LogP contribution in [0.3, 0.4) is 0 Å². The Morgan fingerprint density at radius 1 is 1.14 bits per heavy atom. The first-order valence-corrected chi connectivity index (χ1v) is 12.1. The van der Waals surface area contributed by atoms with Crippen molar-refractivity contribution >= 4 is 15.9 Å². The van der Waals surface area contributed by atoms with Crippen molar-refractivity contribution in [2.45, 2.75) is 50.0 Å². The summed E-state index contributed by atoms with van der Waals surface area (Å²) in [5.74, 6) is -0.237. The molecule has 2 aliphatic rings. The SMILES string of the molecule is Cc1ccc(S(=O)(=O)N(CC(=O)NCCN2CCOCC2)C2CCCCC2)cc1. The molecule has 162 valence electrons. The molecule has 0 spiro atoms. The summed E-state index contributed by atoms with van der Waals surface area (Å²) in [4.78, 5) is 15.1. The van der Waals surface area contributed by atoms with Crippen LogP contribution < -0.4 is 5.32 Å². The zero-order valence-corrected chi connectivity index (χ0v) is 18.1. The van der Waals surface area contributed by atoms with E-state index < -0.39 is 10.0 Å². The molecule has 0 aromatic heterocycles. The number of sulfonamides is 1. The van der Waals surface area contributed by atoms with Gasteiger partial charge in [-0.15, -0.1) is 0 Å². The Morgan fingerprint density at radius 3 is 2.45 bits per heavy atom. The van der Waals surface area contributed by atoms with E-state index >= 15 is 0 Å². The molecule has 1 saturated heterocycles. The Hall–Kier alpha value is -1.48. The summed E-state index contributed by atoms with van der Waals surface area (Å²) in [5.41, 5.74) is 1.01. The zero-order chi connectivity index (χ0) is 20.7. The van der Waals surface area contributed by atoms with Crippen LogP contribution in [-0.4, -0.2) is 75.5 Å². The minimum Gasteiger partial charge on any atom is -0.379 e. The summed E-state index contributed by atoms with van der Waals surface area (Å²) in [6.07, 6.45) is 4.76. The lowest BCUT2D eigenvalue weighted by Crippen LogP contribution is -2.48. The molecule has 8 heteroatoms. The average Bonchev–Trinajstić information content (AvgIpc) is 2.73. The Morgan fingerprint density at radius 2 is 1.79 bits per heavy atom. The van der Waals surface area contributed by atoms with Crippen LogP contribution in [0.2, 0.25) is 0 Å². The van der Waals surface area contributed by atoms with E-state index in [9.17, 15) is 13.2 Å². The van der Waals surface area contributed by atoms with Gasteiger partial charge in [0.25, 0.3) is 0 Å². The maximum absolute atomic E-state index is 13.3. The van der Waals surface area contributed by atoms with Gasteiger partial charge in [0, 0.05) is 32.2 Å². The van der Waals surface area contributed by atoms with Crippen molar-refractivity contribution < 1.29 is 17.9 Å². The van der Waals surface area contributed by atoms with Crippen LogP contribution in [0.5, 0.6) is 0 Å². The molecule has 0 radical (unpaired) electrons. The molecule has 3 rings (SSSR count). The van der Waals surface area contributed by atoms with Crippen molar-refractivity contribution in [2.75, 3.05) is 45.9 Å². The van der Waals surface area contributed by atoms with E-state index in [0.29, 0.717) is 6.54 Å². The summed E-state index contributed by atoms with van der Waals surface area (Å²) in [6, 6.07) is 6.76. The van der Waals surface area contributed by atoms with Gasteiger partial charge in [0.1, 0.15) is 0 Å². The third-order valence-electron chi connectivity index (χ3n) is 5.76. The fourth-order valence-corrected chi connectivity index (χ4v) is 5.64. The van der Waals surface area contributed by atoms with Crippen LogP contribution >= 0.6 is 0 Å². The lowest BCUT2D eigenvalue weighted by atomic mass is 9.95. The Labute approximate surface area is 174 Å². The summed E-state index contributed by atoms with van der Waals surface area (Å²) in [6.45, 7) is 6.25. The van der Waals surface area contributed by atoms with Crippen molar-refractivity contribution in [3.8, 4) is 0 Å². The molecule has 1 aromatic rings. The molecule has 1 amide bonds.